The van der Waals surface area contributed by atoms with Crippen molar-refractivity contribution in [3.05, 3.63) is 0 Å². The van der Waals surface area contributed by atoms with Crippen molar-refractivity contribution < 1.29 is 4.84 Å². The average molecular weight is 228 g/mol. The van der Waals surface area contributed by atoms with Crippen LogP contribution in [0.15, 0.2) is 0 Å². The zero-order valence-corrected chi connectivity index (χ0v) is 11.2. The van der Waals surface area contributed by atoms with E-state index < -0.39 is 0 Å². The van der Waals surface area contributed by atoms with Gasteiger partial charge in [-0.1, -0.05) is 13.8 Å². The third kappa shape index (κ3) is 7.20. The van der Waals surface area contributed by atoms with Crippen molar-refractivity contribution in [2.75, 3.05) is 33.3 Å². The van der Waals surface area contributed by atoms with Crippen LogP contribution in [0.2, 0.25) is 0 Å². The summed E-state index contributed by atoms with van der Waals surface area (Å²) < 4.78 is 0. The lowest BCUT2D eigenvalue weighted by Crippen LogP contribution is -2.22. The summed E-state index contributed by atoms with van der Waals surface area (Å²) in [5.41, 5.74) is 3.42. The van der Waals surface area contributed by atoms with Gasteiger partial charge in [0.05, 0.1) is 6.61 Å². The van der Waals surface area contributed by atoms with Gasteiger partial charge >= 0.3 is 0 Å². The summed E-state index contributed by atoms with van der Waals surface area (Å²) in [6.45, 7) is 9.20. The van der Waals surface area contributed by atoms with E-state index in [2.05, 4.69) is 24.2 Å². The van der Waals surface area contributed by atoms with Crippen molar-refractivity contribution in [3.8, 4) is 0 Å². The summed E-state index contributed by atoms with van der Waals surface area (Å²) >= 11 is 0. The molecule has 96 valence electrons. The van der Waals surface area contributed by atoms with E-state index in [-0.39, 0.29) is 0 Å². The first-order valence-corrected chi connectivity index (χ1v) is 6.65. The molecule has 2 fully saturated rings. The van der Waals surface area contributed by atoms with Gasteiger partial charge in [0.25, 0.3) is 0 Å². The lowest BCUT2D eigenvalue weighted by molar-refractivity contribution is 0.0519. The topological polar surface area (TPSA) is 24.5 Å². The normalized spacial score (nSPS) is 22.7. The van der Waals surface area contributed by atoms with Crippen LogP contribution in [0.1, 0.15) is 46.0 Å². The molecule has 1 saturated carbocycles. The summed E-state index contributed by atoms with van der Waals surface area (Å²) in [7, 11) is 1.80. The molecule has 0 aromatic carbocycles. The lowest BCUT2D eigenvalue weighted by Gasteiger charge is -2.13. The molecule has 0 aromatic heterocycles. The highest BCUT2D eigenvalue weighted by molar-refractivity contribution is 4.82. The van der Waals surface area contributed by atoms with Gasteiger partial charge in [-0.15, -0.1) is 0 Å². The molecule has 0 spiro atoms. The fourth-order valence-corrected chi connectivity index (χ4v) is 1.72. The Kier molecular flexibility index (Phi) is 6.32. The standard InChI is InChI=1S/C8H18N2O.C5H10/c1-9-11-8-4-7-10-5-2-3-6-10;1-5(2)3-4-5/h9H,2-8H2,1H3;3-4H2,1-2H3. The molecule has 0 unspecified atom stereocenters. The molecule has 16 heavy (non-hydrogen) atoms. The maximum absolute atomic E-state index is 5.02. The van der Waals surface area contributed by atoms with Crippen LogP contribution in [0.25, 0.3) is 0 Å². The zero-order valence-electron chi connectivity index (χ0n) is 11.2. The minimum absolute atomic E-state index is 0.750. The van der Waals surface area contributed by atoms with Crippen LogP contribution in [0.5, 0.6) is 0 Å². The van der Waals surface area contributed by atoms with Gasteiger partial charge in [-0.25, -0.2) is 5.48 Å². The fourth-order valence-electron chi connectivity index (χ4n) is 1.72. The molecule has 3 nitrogen and oxygen atoms in total. The highest BCUT2D eigenvalue weighted by Crippen LogP contribution is 2.43. The number of rotatable bonds is 5. The first-order valence-electron chi connectivity index (χ1n) is 6.65. The quantitative estimate of drug-likeness (QED) is 0.578. The van der Waals surface area contributed by atoms with Gasteiger partial charge < -0.3 is 9.74 Å². The Balaban J connectivity index is 0.000000212. The van der Waals surface area contributed by atoms with E-state index in [1.165, 1.54) is 45.3 Å². The van der Waals surface area contributed by atoms with Crippen LogP contribution in [0.4, 0.5) is 0 Å². The molecule has 2 rings (SSSR count). The summed E-state index contributed by atoms with van der Waals surface area (Å²) in [5.74, 6) is 0. The van der Waals surface area contributed by atoms with Gasteiger partial charge in [0.15, 0.2) is 0 Å². The van der Waals surface area contributed by atoms with Crippen LogP contribution in [0, 0.1) is 5.41 Å². The maximum Gasteiger partial charge on any atom is 0.0694 e. The molecule has 0 aromatic rings. The Morgan fingerprint density at radius 2 is 1.75 bits per heavy atom. The van der Waals surface area contributed by atoms with E-state index >= 15 is 0 Å². The molecular weight excluding hydrogens is 200 g/mol. The maximum atomic E-state index is 5.02. The number of hydroxylamine groups is 1. The first kappa shape index (κ1) is 13.9. The first-order chi connectivity index (χ1) is 7.64. The zero-order chi connectivity index (χ0) is 11.9. The molecule has 0 radical (unpaired) electrons. The highest BCUT2D eigenvalue weighted by Gasteiger charge is 2.30. The number of nitrogens with zero attached hydrogens (tertiary/aromatic N) is 1. The van der Waals surface area contributed by atoms with Gasteiger partial charge in [-0.05, 0) is 50.6 Å². The third-order valence-electron chi connectivity index (χ3n) is 3.31. The van der Waals surface area contributed by atoms with E-state index in [0.29, 0.717) is 0 Å². The Morgan fingerprint density at radius 1 is 1.19 bits per heavy atom. The Labute approximate surface area is 100 Å². The summed E-state index contributed by atoms with van der Waals surface area (Å²) in [6.07, 6.45) is 6.81. The monoisotopic (exact) mass is 228 g/mol. The van der Waals surface area contributed by atoms with Crippen molar-refractivity contribution in [3.63, 3.8) is 0 Å². The second-order valence-electron chi connectivity index (χ2n) is 5.62. The molecule has 0 amide bonds. The van der Waals surface area contributed by atoms with Gasteiger partial charge in [0, 0.05) is 13.6 Å². The SMILES string of the molecule is CC1(C)CC1.CNOCCCN1CCCC1. The second-order valence-corrected chi connectivity index (χ2v) is 5.62. The van der Waals surface area contributed by atoms with Crippen molar-refractivity contribution in [2.24, 2.45) is 5.41 Å². The largest absolute Gasteiger partial charge is 0.303 e. The van der Waals surface area contributed by atoms with E-state index in [9.17, 15) is 0 Å². The van der Waals surface area contributed by atoms with E-state index in [1.54, 1.807) is 7.05 Å². The molecule has 1 aliphatic heterocycles. The minimum Gasteiger partial charge on any atom is -0.303 e. The predicted molar refractivity (Wildman–Crippen MR) is 68.3 cm³/mol. The van der Waals surface area contributed by atoms with Crippen LogP contribution in [0.3, 0.4) is 0 Å². The van der Waals surface area contributed by atoms with Gasteiger partial charge in [-0.2, -0.15) is 0 Å². The number of likely N-dealkylation sites (tertiary alicyclic amines) is 1. The molecule has 1 heterocycles. The van der Waals surface area contributed by atoms with Crippen LogP contribution in [-0.4, -0.2) is 38.2 Å². The molecule has 1 N–H and O–H groups in total. The van der Waals surface area contributed by atoms with Crippen molar-refractivity contribution >= 4 is 0 Å². The predicted octanol–water partition coefficient (Wildman–Crippen LogP) is 2.43. The van der Waals surface area contributed by atoms with E-state index in [0.717, 1.165) is 18.4 Å². The van der Waals surface area contributed by atoms with Crippen LogP contribution >= 0.6 is 0 Å². The van der Waals surface area contributed by atoms with Crippen LogP contribution < -0.4 is 5.48 Å². The highest BCUT2D eigenvalue weighted by atomic mass is 16.6. The van der Waals surface area contributed by atoms with E-state index in [4.69, 9.17) is 4.84 Å². The molecule has 0 atom stereocenters. The van der Waals surface area contributed by atoms with Crippen LogP contribution in [-0.2, 0) is 4.84 Å². The summed E-state index contributed by atoms with van der Waals surface area (Å²) in [4.78, 5) is 7.52. The second kappa shape index (κ2) is 7.25. The van der Waals surface area contributed by atoms with Crippen molar-refractivity contribution in [1.82, 2.24) is 10.4 Å². The molecule has 0 bridgehead atoms. The number of nitrogens with one attached hydrogen (secondary N) is 1. The van der Waals surface area contributed by atoms with Gasteiger partial charge in [0.2, 0.25) is 0 Å². The minimum atomic E-state index is 0.750. The van der Waals surface area contributed by atoms with E-state index in [1.807, 2.05) is 0 Å². The Morgan fingerprint density at radius 3 is 2.19 bits per heavy atom. The summed E-state index contributed by atoms with van der Waals surface area (Å²) in [5, 5.41) is 0. The Hall–Kier alpha value is -0.120. The number of hydrogen-bond acceptors (Lipinski definition) is 3. The molecular formula is C13H28N2O. The lowest BCUT2D eigenvalue weighted by atomic mass is 10.2. The molecule has 3 heteroatoms. The Bertz CT molecular complexity index is 171. The van der Waals surface area contributed by atoms with Gasteiger partial charge in [-0.3, -0.25) is 0 Å². The molecule has 2 aliphatic rings. The smallest absolute Gasteiger partial charge is 0.0694 e. The molecule has 1 saturated heterocycles. The third-order valence-corrected chi connectivity index (χ3v) is 3.31. The summed E-state index contributed by atoms with van der Waals surface area (Å²) in [6, 6.07) is 0. The fraction of sp³-hybridized carbons (Fsp3) is 1.00. The molecule has 1 aliphatic carbocycles. The number of hydrogen-bond donors (Lipinski definition) is 1. The van der Waals surface area contributed by atoms with Gasteiger partial charge in [0.1, 0.15) is 0 Å². The van der Waals surface area contributed by atoms with Crippen molar-refractivity contribution in [1.29, 1.82) is 0 Å². The van der Waals surface area contributed by atoms with Crippen molar-refractivity contribution in [2.45, 2.75) is 46.0 Å². The average Bonchev–Trinajstić information content (AvgIpc) is 2.77.